The SMILES string of the molecule is O=C1CCC[C@H]2[C@@H]3CCCN4CCC[C@](O)(CN12)[C@H]34. The Morgan fingerprint density at radius 1 is 1.16 bits per heavy atom. The summed E-state index contributed by atoms with van der Waals surface area (Å²) in [7, 11) is 0. The molecule has 0 aromatic rings. The number of aliphatic hydroxyl groups is 1. The minimum atomic E-state index is -0.632. The van der Waals surface area contributed by atoms with Crippen LogP contribution in [0, 0.1) is 5.92 Å². The van der Waals surface area contributed by atoms with Crippen molar-refractivity contribution in [3.63, 3.8) is 0 Å². The number of hydrogen-bond donors (Lipinski definition) is 1. The van der Waals surface area contributed by atoms with Gasteiger partial charge in [-0.05, 0) is 57.5 Å². The Hall–Kier alpha value is -0.610. The molecule has 4 saturated heterocycles. The fourth-order valence-electron chi connectivity index (χ4n) is 5.29. The fourth-order valence-corrected chi connectivity index (χ4v) is 5.29. The Balaban J connectivity index is 1.71. The van der Waals surface area contributed by atoms with Gasteiger partial charge in [0.1, 0.15) is 0 Å². The number of amides is 1. The van der Waals surface area contributed by atoms with Crippen LogP contribution in [0.2, 0.25) is 0 Å². The smallest absolute Gasteiger partial charge is 0.222 e. The highest BCUT2D eigenvalue weighted by atomic mass is 16.3. The summed E-state index contributed by atoms with van der Waals surface area (Å²) < 4.78 is 0. The maximum Gasteiger partial charge on any atom is 0.222 e. The molecule has 1 amide bonds. The van der Waals surface area contributed by atoms with Gasteiger partial charge in [-0.3, -0.25) is 9.69 Å². The Labute approximate surface area is 114 Å². The Morgan fingerprint density at radius 2 is 2.00 bits per heavy atom. The van der Waals surface area contributed by atoms with Crippen molar-refractivity contribution in [3.05, 3.63) is 0 Å². The van der Waals surface area contributed by atoms with Crippen molar-refractivity contribution < 1.29 is 9.90 Å². The molecule has 0 aromatic carbocycles. The van der Waals surface area contributed by atoms with Gasteiger partial charge in [-0.15, -0.1) is 0 Å². The van der Waals surface area contributed by atoms with Crippen LogP contribution < -0.4 is 0 Å². The van der Waals surface area contributed by atoms with Crippen LogP contribution in [-0.4, -0.2) is 58.1 Å². The summed E-state index contributed by atoms with van der Waals surface area (Å²) in [5, 5.41) is 11.1. The lowest BCUT2D eigenvalue weighted by Crippen LogP contribution is -2.74. The summed E-state index contributed by atoms with van der Waals surface area (Å²) in [6.45, 7) is 2.88. The first kappa shape index (κ1) is 12.2. The maximum absolute atomic E-state index is 12.2. The van der Waals surface area contributed by atoms with E-state index in [-0.39, 0.29) is 5.91 Å². The van der Waals surface area contributed by atoms with E-state index in [1.807, 2.05) is 4.90 Å². The highest BCUT2D eigenvalue weighted by Crippen LogP contribution is 2.46. The second-order valence-corrected chi connectivity index (χ2v) is 6.98. The van der Waals surface area contributed by atoms with E-state index in [1.165, 1.54) is 12.8 Å². The molecule has 4 rings (SSSR count). The summed E-state index contributed by atoms with van der Waals surface area (Å²) in [4.78, 5) is 16.8. The average molecular weight is 264 g/mol. The topological polar surface area (TPSA) is 43.8 Å². The van der Waals surface area contributed by atoms with E-state index in [1.54, 1.807) is 0 Å². The molecular formula is C15H24N2O2. The monoisotopic (exact) mass is 264 g/mol. The van der Waals surface area contributed by atoms with Crippen molar-refractivity contribution >= 4 is 5.91 Å². The number of rotatable bonds is 0. The van der Waals surface area contributed by atoms with Gasteiger partial charge in [0.25, 0.3) is 0 Å². The summed E-state index contributed by atoms with van der Waals surface area (Å²) >= 11 is 0. The number of fused-ring (bicyclic) bond motifs is 2. The molecule has 0 spiro atoms. The largest absolute Gasteiger partial charge is 0.386 e. The van der Waals surface area contributed by atoms with Crippen molar-refractivity contribution in [2.45, 2.75) is 62.6 Å². The number of piperidine rings is 4. The van der Waals surface area contributed by atoms with Gasteiger partial charge in [0.2, 0.25) is 5.91 Å². The van der Waals surface area contributed by atoms with Crippen LogP contribution in [-0.2, 0) is 4.79 Å². The molecule has 4 nitrogen and oxygen atoms in total. The van der Waals surface area contributed by atoms with Crippen LogP contribution in [0.5, 0.6) is 0 Å². The van der Waals surface area contributed by atoms with Gasteiger partial charge in [0.15, 0.2) is 0 Å². The molecule has 0 aromatic heterocycles. The standard InChI is InChI=1S/C15H24N2O2/c18-13-6-1-5-12-11-4-2-8-16-9-3-7-15(19,14(11)16)10-17(12)13/h11-12,14,19H,1-10H2/t11-,12-,14-,15-/m0/s1. The van der Waals surface area contributed by atoms with Crippen LogP contribution in [0.4, 0.5) is 0 Å². The first-order valence-electron chi connectivity index (χ1n) is 7.95. The molecular weight excluding hydrogens is 240 g/mol. The summed E-state index contributed by atoms with van der Waals surface area (Å²) in [5.74, 6) is 0.794. The van der Waals surface area contributed by atoms with E-state index in [0.717, 1.165) is 38.8 Å². The minimum Gasteiger partial charge on any atom is -0.386 e. The molecule has 4 aliphatic rings. The minimum absolute atomic E-state index is 0.283. The van der Waals surface area contributed by atoms with E-state index >= 15 is 0 Å². The molecule has 0 unspecified atom stereocenters. The molecule has 0 saturated carbocycles. The van der Waals surface area contributed by atoms with Crippen molar-refractivity contribution in [1.82, 2.24) is 9.80 Å². The first-order valence-corrected chi connectivity index (χ1v) is 7.95. The third kappa shape index (κ3) is 1.69. The highest BCUT2D eigenvalue weighted by molar-refractivity contribution is 5.77. The zero-order valence-corrected chi connectivity index (χ0v) is 11.6. The van der Waals surface area contributed by atoms with E-state index in [0.29, 0.717) is 31.0 Å². The molecule has 1 N–H and O–H groups in total. The number of hydrogen-bond acceptors (Lipinski definition) is 3. The van der Waals surface area contributed by atoms with E-state index in [4.69, 9.17) is 0 Å². The number of nitrogens with zero attached hydrogens (tertiary/aromatic N) is 2. The highest BCUT2D eigenvalue weighted by Gasteiger charge is 2.57. The fraction of sp³-hybridized carbons (Fsp3) is 0.933. The van der Waals surface area contributed by atoms with Crippen LogP contribution in [0.3, 0.4) is 0 Å². The Morgan fingerprint density at radius 3 is 2.89 bits per heavy atom. The van der Waals surface area contributed by atoms with Gasteiger partial charge < -0.3 is 10.0 Å². The zero-order chi connectivity index (χ0) is 13.0. The predicted molar refractivity (Wildman–Crippen MR) is 71.6 cm³/mol. The average Bonchev–Trinajstić information content (AvgIpc) is 2.40. The molecule has 19 heavy (non-hydrogen) atoms. The van der Waals surface area contributed by atoms with Crippen molar-refractivity contribution in [2.24, 2.45) is 5.92 Å². The van der Waals surface area contributed by atoms with E-state index in [2.05, 4.69) is 4.90 Å². The van der Waals surface area contributed by atoms with Gasteiger partial charge in [0, 0.05) is 18.5 Å². The number of carbonyl (C=O) groups is 1. The summed E-state index contributed by atoms with van der Waals surface area (Å²) in [6.07, 6.45) is 7.26. The molecule has 0 aliphatic carbocycles. The Kier molecular flexibility index (Phi) is 2.68. The summed E-state index contributed by atoms with van der Waals surface area (Å²) in [5.41, 5.74) is -0.632. The molecule has 4 aliphatic heterocycles. The van der Waals surface area contributed by atoms with Crippen molar-refractivity contribution in [1.29, 1.82) is 0 Å². The lowest BCUT2D eigenvalue weighted by atomic mass is 9.66. The molecule has 4 atom stereocenters. The first-order chi connectivity index (χ1) is 9.19. The van der Waals surface area contributed by atoms with E-state index < -0.39 is 5.60 Å². The zero-order valence-electron chi connectivity index (χ0n) is 11.6. The second kappa shape index (κ2) is 4.19. The lowest BCUT2D eigenvalue weighted by Gasteiger charge is -2.61. The molecule has 106 valence electrons. The maximum atomic E-state index is 12.2. The van der Waals surface area contributed by atoms with E-state index in [9.17, 15) is 9.90 Å². The third-order valence-electron chi connectivity index (χ3n) is 5.94. The molecule has 4 fully saturated rings. The number of carbonyl (C=O) groups excluding carboxylic acids is 1. The van der Waals surface area contributed by atoms with Crippen LogP contribution in [0.25, 0.3) is 0 Å². The van der Waals surface area contributed by atoms with Gasteiger partial charge in [-0.25, -0.2) is 0 Å². The molecule has 0 bridgehead atoms. The van der Waals surface area contributed by atoms with Gasteiger partial charge in [0.05, 0.1) is 12.1 Å². The quantitative estimate of drug-likeness (QED) is 0.709. The molecule has 4 heteroatoms. The van der Waals surface area contributed by atoms with Gasteiger partial charge >= 0.3 is 0 Å². The summed E-state index contributed by atoms with van der Waals surface area (Å²) in [6, 6.07) is 0.731. The second-order valence-electron chi connectivity index (χ2n) is 6.98. The lowest BCUT2D eigenvalue weighted by molar-refractivity contribution is -0.190. The molecule has 0 radical (unpaired) electrons. The van der Waals surface area contributed by atoms with Crippen LogP contribution >= 0.6 is 0 Å². The van der Waals surface area contributed by atoms with Gasteiger partial charge in [-0.1, -0.05) is 0 Å². The predicted octanol–water partition coefficient (Wildman–Crippen LogP) is 0.987. The van der Waals surface area contributed by atoms with Crippen LogP contribution in [0.1, 0.15) is 44.9 Å². The van der Waals surface area contributed by atoms with Crippen molar-refractivity contribution in [3.8, 4) is 0 Å². The third-order valence-corrected chi connectivity index (χ3v) is 5.94. The van der Waals surface area contributed by atoms with Crippen LogP contribution in [0.15, 0.2) is 0 Å². The molecule has 4 heterocycles. The van der Waals surface area contributed by atoms with Crippen molar-refractivity contribution in [2.75, 3.05) is 19.6 Å². The van der Waals surface area contributed by atoms with Gasteiger partial charge in [-0.2, -0.15) is 0 Å². The normalized spacial score (nSPS) is 46.7. The Bertz CT molecular complexity index is 398.